The molecular weight excluding hydrogens is 158 g/mol. The number of hydrogen-bond acceptors (Lipinski definition) is 1. The minimum absolute atomic E-state index is 0.757. The molecule has 0 saturated carbocycles. The van der Waals surface area contributed by atoms with Crippen molar-refractivity contribution in [3.05, 3.63) is 34.9 Å². The van der Waals surface area contributed by atoms with Gasteiger partial charge < -0.3 is 0 Å². The summed E-state index contributed by atoms with van der Waals surface area (Å²) in [5, 5.41) is 8.60. The highest BCUT2D eigenvalue weighted by Gasteiger charge is 1.96. The first-order chi connectivity index (χ1) is 6.27. The molecule has 0 aliphatic carbocycles. The van der Waals surface area contributed by atoms with Gasteiger partial charge in [-0.05, 0) is 36.6 Å². The van der Waals surface area contributed by atoms with Crippen molar-refractivity contribution >= 4 is 0 Å². The van der Waals surface area contributed by atoms with Gasteiger partial charge in [0.15, 0.2) is 0 Å². The zero-order valence-corrected chi connectivity index (χ0v) is 8.89. The molecule has 0 fully saturated rings. The van der Waals surface area contributed by atoms with Crippen LogP contribution in [-0.2, 0) is 6.42 Å². The minimum atomic E-state index is 0.757. The van der Waals surface area contributed by atoms with Crippen LogP contribution in [0.1, 0.15) is 37.5 Å². The number of nitrogens with zero attached hydrogens (tertiary/aromatic N) is 1. The molecule has 1 rings (SSSR count). The number of nitriles is 1. The predicted molar refractivity (Wildman–Crippen MR) is 56.6 cm³/mol. The molecule has 0 spiro atoms. The van der Waals surface area contributed by atoms with Crippen molar-refractivity contribution in [2.75, 3.05) is 0 Å². The highest BCUT2D eigenvalue weighted by molar-refractivity contribution is 5.37. The van der Waals surface area contributed by atoms with E-state index in [0.29, 0.717) is 0 Å². The maximum atomic E-state index is 8.60. The van der Waals surface area contributed by atoms with E-state index in [1.807, 2.05) is 32.0 Å². The number of aryl methyl sites for hydroxylation is 2. The Labute approximate surface area is 81.0 Å². The minimum Gasteiger partial charge on any atom is -0.192 e. The van der Waals surface area contributed by atoms with Crippen LogP contribution in [0, 0.1) is 18.3 Å². The maximum Gasteiger partial charge on any atom is 0.0991 e. The smallest absolute Gasteiger partial charge is 0.0991 e. The summed E-state index contributed by atoms with van der Waals surface area (Å²) in [4.78, 5) is 0. The van der Waals surface area contributed by atoms with Gasteiger partial charge in [0.2, 0.25) is 0 Å². The molecule has 0 aliphatic heterocycles. The zero-order chi connectivity index (χ0) is 10.3. The average molecular weight is 175 g/mol. The Kier molecular flexibility index (Phi) is 5.63. The quantitative estimate of drug-likeness (QED) is 0.641. The molecule has 0 heterocycles. The summed E-state index contributed by atoms with van der Waals surface area (Å²) in [6.07, 6.45) is 1.00. The van der Waals surface area contributed by atoms with E-state index in [-0.39, 0.29) is 0 Å². The van der Waals surface area contributed by atoms with Crippen molar-refractivity contribution in [2.24, 2.45) is 0 Å². The van der Waals surface area contributed by atoms with Crippen molar-refractivity contribution in [1.82, 2.24) is 0 Å². The molecule has 0 atom stereocenters. The molecule has 0 bridgehead atoms. The second-order valence-corrected chi connectivity index (χ2v) is 2.61. The molecule has 1 aromatic carbocycles. The summed E-state index contributed by atoms with van der Waals surface area (Å²) < 4.78 is 0. The Balaban J connectivity index is 0.000000671. The van der Waals surface area contributed by atoms with E-state index < -0.39 is 0 Å². The van der Waals surface area contributed by atoms with Crippen molar-refractivity contribution < 1.29 is 0 Å². The topological polar surface area (TPSA) is 23.8 Å². The molecule has 70 valence electrons. The van der Waals surface area contributed by atoms with Crippen molar-refractivity contribution in [2.45, 2.75) is 34.1 Å². The molecule has 0 unspecified atom stereocenters. The molecule has 0 radical (unpaired) electrons. The molecule has 0 N–H and O–H groups in total. The number of hydrogen-bond donors (Lipinski definition) is 0. The van der Waals surface area contributed by atoms with E-state index in [9.17, 15) is 0 Å². The van der Waals surface area contributed by atoms with Crippen LogP contribution in [0.5, 0.6) is 0 Å². The van der Waals surface area contributed by atoms with E-state index >= 15 is 0 Å². The fourth-order valence-electron chi connectivity index (χ4n) is 1.12. The van der Waals surface area contributed by atoms with Crippen LogP contribution in [0.25, 0.3) is 0 Å². The maximum absolute atomic E-state index is 8.60. The molecule has 0 amide bonds. The van der Waals surface area contributed by atoms with E-state index in [1.54, 1.807) is 0 Å². The second-order valence-electron chi connectivity index (χ2n) is 2.61. The predicted octanol–water partition coefficient (Wildman–Crippen LogP) is 3.46. The standard InChI is InChI=1S/C10H11N.C2H6/c1-3-10-6-9(7-11)5-4-8(10)2;1-2/h4-6H,3H2,1-2H3;1-2H3. The van der Waals surface area contributed by atoms with Gasteiger partial charge in [-0.25, -0.2) is 0 Å². The van der Waals surface area contributed by atoms with Gasteiger partial charge in [-0.1, -0.05) is 26.8 Å². The Bertz CT molecular complexity index is 294. The third-order valence-electron chi connectivity index (χ3n) is 1.86. The first-order valence-electron chi connectivity index (χ1n) is 4.77. The molecular formula is C12H17N. The summed E-state index contributed by atoms with van der Waals surface area (Å²) in [7, 11) is 0. The van der Waals surface area contributed by atoms with Crippen molar-refractivity contribution in [3.8, 4) is 6.07 Å². The van der Waals surface area contributed by atoms with E-state index in [0.717, 1.165) is 12.0 Å². The van der Waals surface area contributed by atoms with E-state index in [4.69, 9.17) is 5.26 Å². The average Bonchev–Trinajstić information content (AvgIpc) is 2.22. The summed E-state index contributed by atoms with van der Waals surface area (Å²) in [5.41, 5.74) is 3.29. The van der Waals surface area contributed by atoms with Crippen molar-refractivity contribution in [3.63, 3.8) is 0 Å². The summed E-state index contributed by atoms with van der Waals surface area (Å²) in [6, 6.07) is 7.94. The molecule has 1 nitrogen and oxygen atoms in total. The van der Waals surface area contributed by atoms with Crippen LogP contribution in [0.2, 0.25) is 0 Å². The van der Waals surface area contributed by atoms with Crippen molar-refractivity contribution in [1.29, 1.82) is 5.26 Å². The Morgan fingerprint density at radius 2 is 1.92 bits per heavy atom. The fraction of sp³-hybridized carbons (Fsp3) is 0.417. The van der Waals surface area contributed by atoms with Gasteiger partial charge >= 0.3 is 0 Å². The molecule has 0 aromatic heterocycles. The highest BCUT2D eigenvalue weighted by atomic mass is 14.2. The van der Waals surface area contributed by atoms with Crippen LogP contribution in [-0.4, -0.2) is 0 Å². The van der Waals surface area contributed by atoms with Gasteiger partial charge in [0.1, 0.15) is 0 Å². The lowest BCUT2D eigenvalue weighted by atomic mass is 10.0. The van der Waals surface area contributed by atoms with Gasteiger partial charge in [0, 0.05) is 0 Å². The van der Waals surface area contributed by atoms with Gasteiger partial charge in [-0.15, -0.1) is 0 Å². The lowest BCUT2D eigenvalue weighted by Crippen LogP contribution is -1.86. The fourth-order valence-corrected chi connectivity index (χ4v) is 1.12. The van der Waals surface area contributed by atoms with Gasteiger partial charge in [0.05, 0.1) is 11.6 Å². The molecule has 1 aromatic rings. The first-order valence-corrected chi connectivity index (χ1v) is 4.77. The SMILES string of the molecule is CC.CCc1cc(C#N)ccc1C. The molecule has 0 aliphatic rings. The number of rotatable bonds is 1. The first kappa shape index (κ1) is 11.7. The molecule has 0 saturated heterocycles. The number of benzene rings is 1. The Morgan fingerprint density at radius 3 is 2.38 bits per heavy atom. The Hall–Kier alpha value is -1.29. The second kappa shape index (κ2) is 6.25. The summed E-state index contributed by atoms with van der Waals surface area (Å²) >= 11 is 0. The lowest BCUT2D eigenvalue weighted by molar-refractivity contribution is 1.11. The van der Waals surface area contributed by atoms with Crippen LogP contribution in [0.15, 0.2) is 18.2 Å². The zero-order valence-electron chi connectivity index (χ0n) is 8.89. The molecule has 1 heteroatoms. The summed E-state index contributed by atoms with van der Waals surface area (Å²) in [5.74, 6) is 0. The highest BCUT2D eigenvalue weighted by Crippen LogP contribution is 2.10. The van der Waals surface area contributed by atoms with Crippen LogP contribution in [0.4, 0.5) is 0 Å². The van der Waals surface area contributed by atoms with Crippen LogP contribution in [0.3, 0.4) is 0 Å². The molecule has 13 heavy (non-hydrogen) atoms. The van der Waals surface area contributed by atoms with E-state index in [1.165, 1.54) is 11.1 Å². The van der Waals surface area contributed by atoms with Crippen LogP contribution < -0.4 is 0 Å². The third kappa shape index (κ3) is 3.29. The largest absolute Gasteiger partial charge is 0.192 e. The van der Waals surface area contributed by atoms with E-state index in [2.05, 4.69) is 19.9 Å². The van der Waals surface area contributed by atoms with Crippen LogP contribution >= 0.6 is 0 Å². The Morgan fingerprint density at radius 1 is 1.31 bits per heavy atom. The van der Waals surface area contributed by atoms with Gasteiger partial charge in [0.25, 0.3) is 0 Å². The van der Waals surface area contributed by atoms with Gasteiger partial charge in [-0.2, -0.15) is 5.26 Å². The lowest BCUT2D eigenvalue weighted by Gasteiger charge is -2.01. The monoisotopic (exact) mass is 175 g/mol. The van der Waals surface area contributed by atoms with Gasteiger partial charge in [-0.3, -0.25) is 0 Å². The summed E-state index contributed by atoms with van der Waals surface area (Å²) in [6.45, 7) is 8.17. The third-order valence-corrected chi connectivity index (χ3v) is 1.86. The normalized spacial score (nSPS) is 8.23.